The molecule has 0 atom stereocenters. The van der Waals surface area contributed by atoms with Crippen LogP contribution in [-0.2, 0) is 14.3 Å². The fourth-order valence-corrected chi connectivity index (χ4v) is 2.33. The maximum atomic E-state index is 12.2. The van der Waals surface area contributed by atoms with Crippen molar-refractivity contribution in [3.63, 3.8) is 0 Å². The summed E-state index contributed by atoms with van der Waals surface area (Å²) < 4.78 is 4.71. The van der Waals surface area contributed by atoms with Crippen molar-refractivity contribution >= 4 is 17.6 Å². The first kappa shape index (κ1) is 14.3. The van der Waals surface area contributed by atoms with Gasteiger partial charge in [0, 0.05) is 19.0 Å². The van der Waals surface area contributed by atoms with E-state index in [4.69, 9.17) is 4.74 Å². The van der Waals surface area contributed by atoms with Crippen LogP contribution in [0.2, 0.25) is 0 Å². The van der Waals surface area contributed by atoms with E-state index in [1.807, 2.05) is 30.3 Å². The molecule has 1 aromatic carbocycles. The first-order valence-electron chi connectivity index (χ1n) is 6.88. The molecule has 4 nitrogen and oxygen atoms in total. The van der Waals surface area contributed by atoms with Gasteiger partial charge in [-0.15, -0.1) is 0 Å². The lowest BCUT2D eigenvalue weighted by atomic mass is 10.1. The molecule has 1 aromatic rings. The van der Waals surface area contributed by atoms with Gasteiger partial charge in [0.1, 0.15) is 0 Å². The summed E-state index contributed by atoms with van der Waals surface area (Å²) in [5.41, 5.74) is 1.48. The van der Waals surface area contributed by atoms with Crippen molar-refractivity contribution < 1.29 is 14.3 Å². The number of amides is 1. The van der Waals surface area contributed by atoms with E-state index in [-0.39, 0.29) is 5.91 Å². The summed E-state index contributed by atoms with van der Waals surface area (Å²) >= 11 is 0. The highest BCUT2D eigenvalue weighted by atomic mass is 16.5. The van der Waals surface area contributed by atoms with E-state index >= 15 is 0 Å². The summed E-state index contributed by atoms with van der Waals surface area (Å²) in [4.78, 5) is 25.5. The molecule has 0 aliphatic carbocycles. The average Bonchev–Trinajstić information content (AvgIpc) is 2.70. The zero-order valence-corrected chi connectivity index (χ0v) is 11.7. The quantitative estimate of drug-likeness (QED) is 0.628. The van der Waals surface area contributed by atoms with Gasteiger partial charge in [0.15, 0.2) is 0 Å². The number of nitrogens with zero attached hydrogens (tertiary/aromatic N) is 1. The summed E-state index contributed by atoms with van der Waals surface area (Å²) in [7, 11) is 1.34. The highest BCUT2D eigenvalue weighted by Crippen LogP contribution is 2.24. The highest BCUT2D eigenvalue weighted by molar-refractivity contribution is 5.96. The molecule has 20 heavy (non-hydrogen) atoms. The van der Waals surface area contributed by atoms with Crippen LogP contribution in [0.15, 0.2) is 36.4 Å². The molecule has 0 saturated carbocycles. The van der Waals surface area contributed by atoms with Gasteiger partial charge >= 0.3 is 5.97 Å². The minimum absolute atomic E-state index is 0.0708. The molecule has 0 radical (unpaired) electrons. The number of methoxy groups -OCH3 is 1. The summed E-state index contributed by atoms with van der Waals surface area (Å²) in [5.74, 6) is -0.373. The second-order valence-corrected chi connectivity index (χ2v) is 4.77. The standard InChI is InChI=1S/C16H19NO3/c1-20-16(19)12-14(13-8-4-2-5-9-13)17-11-7-3-6-10-15(17)18/h2,4-5,8-9,12H,3,6-7,10-11H2,1H3. The predicted molar refractivity (Wildman–Crippen MR) is 76.6 cm³/mol. The Kier molecular flexibility index (Phi) is 4.93. The molecular formula is C16H19NO3. The molecular weight excluding hydrogens is 254 g/mol. The second-order valence-electron chi connectivity index (χ2n) is 4.77. The Morgan fingerprint density at radius 3 is 2.65 bits per heavy atom. The molecule has 1 saturated heterocycles. The fraction of sp³-hybridized carbons (Fsp3) is 0.375. The molecule has 106 valence electrons. The second kappa shape index (κ2) is 6.89. The van der Waals surface area contributed by atoms with Crippen LogP contribution in [0.25, 0.3) is 5.70 Å². The van der Waals surface area contributed by atoms with E-state index in [0.29, 0.717) is 18.7 Å². The SMILES string of the molecule is COC(=O)C=C(c1ccccc1)N1CCCCCC1=O. The third kappa shape index (κ3) is 3.47. The molecule has 0 unspecified atom stereocenters. The van der Waals surface area contributed by atoms with Crippen molar-refractivity contribution in [1.82, 2.24) is 4.90 Å². The molecule has 1 fully saturated rings. The van der Waals surface area contributed by atoms with E-state index in [0.717, 1.165) is 24.8 Å². The smallest absolute Gasteiger partial charge is 0.332 e. The van der Waals surface area contributed by atoms with Crippen molar-refractivity contribution in [2.75, 3.05) is 13.7 Å². The van der Waals surface area contributed by atoms with Crippen LogP contribution in [0.5, 0.6) is 0 Å². The lowest BCUT2D eigenvalue weighted by Gasteiger charge is -2.24. The van der Waals surface area contributed by atoms with Crippen molar-refractivity contribution in [1.29, 1.82) is 0 Å². The predicted octanol–water partition coefficient (Wildman–Crippen LogP) is 2.60. The van der Waals surface area contributed by atoms with E-state index in [9.17, 15) is 9.59 Å². The van der Waals surface area contributed by atoms with Gasteiger partial charge in [-0.1, -0.05) is 36.8 Å². The van der Waals surface area contributed by atoms with Crippen molar-refractivity contribution in [2.45, 2.75) is 25.7 Å². The zero-order chi connectivity index (χ0) is 14.4. The Hall–Kier alpha value is -2.10. The first-order valence-corrected chi connectivity index (χ1v) is 6.88. The minimum atomic E-state index is -0.444. The molecule has 1 aliphatic heterocycles. The lowest BCUT2D eigenvalue weighted by Crippen LogP contribution is -2.29. The maximum Gasteiger partial charge on any atom is 0.332 e. The van der Waals surface area contributed by atoms with Crippen LogP contribution in [0.3, 0.4) is 0 Å². The molecule has 0 spiro atoms. The number of esters is 1. The Labute approximate surface area is 119 Å². The Morgan fingerprint density at radius 2 is 1.95 bits per heavy atom. The summed E-state index contributed by atoms with van der Waals surface area (Å²) in [6.07, 6.45) is 4.85. The molecule has 0 aromatic heterocycles. The number of carbonyl (C=O) groups excluding carboxylic acids is 2. The molecule has 0 N–H and O–H groups in total. The topological polar surface area (TPSA) is 46.6 Å². The number of rotatable bonds is 3. The van der Waals surface area contributed by atoms with E-state index in [1.54, 1.807) is 4.90 Å². The van der Waals surface area contributed by atoms with Crippen LogP contribution in [0, 0.1) is 0 Å². The van der Waals surface area contributed by atoms with Gasteiger partial charge in [0.2, 0.25) is 5.91 Å². The zero-order valence-electron chi connectivity index (χ0n) is 11.7. The molecule has 1 amide bonds. The molecule has 1 heterocycles. The van der Waals surface area contributed by atoms with Gasteiger partial charge in [0.05, 0.1) is 12.8 Å². The van der Waals surface area contributed by atoms with E-state index in [1.165, 1.54) is 13.2 Å². The van der Waals surface area contributed by atoms with Gasteiger partial charge in [-0.25, -0.2) is 4.79 Å². The van der Waals surface area contributed by atoms with Gasteiger partial charge in [-0.05, 0) is 18.4 Å². The first-order chi connectivity index (χ1) is 9.72. The molecule has 1 aliphatic rings. The maximum absolute atomic E-state index is 12.2. The van der Waals surface area contributed by atoms with E-state index < -0.39 is 5.97 Å². The lowest BCUT2D eigenvalue weighted by molar-refractivity contribution is -0.134. The number of hydrogen-bond acceptors (Lipinski definition) is 3. The summed E-state index contributed by atoms with van der Waals surface area (Å²) in [5, 5.41) is 0. The highest BCUT2D eigenvalue weighted by Gasteiger charge is 2.22. The van der Waals surface area contributed by atoms with Gasteiger partial charge < -0.3 is 9.64 Å². The number of likely N-dealkylation sites (tertiary alicyclic amines) is 1. The van der Waals surface area contributed by atoms with E-state index in [2.05, 4.69) is 0 Å². The van der Waals surface area contributed by atoms with Crippen molar-refractivity contribution in [3.8, 4) is 0 Å². The van der Waals surface area contributed by atoms with Crippen LogP contribution in [0.4, 0.5) is 0 Å². The van der Waals surface area contributed by atoms with Crippen LogP contribution >= 0.6 is 0 Å². The normalized spacial score (nSPS) is 16.8. The third-order valence-electron chi connectivity index (χ3n) is 3.39. The monoisotopic (exact) mass is 273 g/mol. The number of benzene rings is 1. The number of carbonyl (C=O) groups is 2. The van der Waals surface area contributed by atoms with Gasteiger partial charge in [-0.3, -0.25) is 4.79 Å². The molecule has 4 heteroatoms. The Morgan fingerprint density at radius 1 is 1.20 bits per heavy atom. The average molecular weight is 273 g/mol. The molecule has 2 rings (SSSR count). The molecule has 0 bridgehead atoms. The Balaban J connectivity index is 2.38. The number of hydrogen-bond donors (Lipinski definition) is 0. The van der Waals surface area contributed by atoms with Crippen molar-refractivity contribution in [2.24, 2.45) is 0 Å². The van der Waals surface area contributed by atoms with Crippen LogP contribution in [-0.4, -0.2) is 30.4 Å². The van der Waals surface area contributed by atoms with Gasteiger partial charge in [-0.2, -0.15) is 0 Å². The minimum Gasteiger partial charge on any atom is -0.466 e. The summed E-state index contributed by atoms with van der Waals surface area (Å²) in [6, 6.07) is 9.48. The number of ether oxygens (including phenoxy) is 1. The van der Waals surface area contributed by atoms with Crippen LogP contribution < -0.4 is 0 Å². The fourth-order valence-electron chi connectivity index (χ4n) is 2.33. The van der Waals surface area contributed by atoms with Gasteiger partial charge in [0.25, 0.3) is 0 Å². The third-order valence-corrected chi connectivity index (χ3v) is 3.39. The van der Waals surface area contributed by atoms with Crippen molar-refractivity contribution in [3.05, 3.63) is 42.0 Å². The van der Waals surface area contributed by atoms with Crippen LogP contribution in [0.1, 0.15) is 31.2 Å². The Bertz CT molecular complexity index is 508. The largest absolute Gasteiger partial charge is 0.466 e. The summed E-state index contributed by atoms with van der Waals surface area (Å²) in [6.45, 7) is 0.649.